The zero-order valence-corrected chi connectivity index (χ0v) is 34.5. The number of aryl methyl sites for hydroxylation is 2. The third-order valence-electron chi connectivity index (χ3n) is 10.5. The predicted molar refractivity (Wildman–Crippen MR) is 211 cm³/mol. The minimum Gasteiger partial charge on any atom is -0.509 e. The summed E-state index contributed by atoms with van der Waals surface area (Å²) in [6.07, 6.45) is 9.75. The number of rotatable bonds is 9. The van der Waals surface area contributed by atoms with E-state index >= 15 is 0 Å². The molecule has 1 aliphatic rings. The molecule has 0 fully saturated rings. The van der Waals surface area contributed by atoms with Crippen molar-refractivity contribution in [3.05, 3.63) is 119 Å². The van der Waals surface area contributed by atoms with Crippen LogP contribution in [0.1, 0.15) is 109 Å². The number of allylic oxidation sites excluding steroid dienone is 2. The molecular formula is C46H52N4OPt. The molecule has 3 heterocycles. The first-order valence-electron chi connectivity index (χ1n) is 18.8. The van der Waals surface area contributed by atoms with E-state index in [-0.39, 0.29) is 26.5 Å². The minimum atomic E-state index is -0.113. The Kier molecular flexibility index (Phi) is 11.0. The van der Waals surface area contributed by atoms with E-state index in [4.69, 9.17) is 14.8 Å². The van der Waals surface area contributed by atoms with E-state index in [0.29, 0.717) is 29.3 Å². The van der Waals surface area contributed by atoms with Crippen LogP contribution in [-0.2, 0) is 39.3 Å². The third kappa shape index (κ3) is 7.31. The summed E-state index contributed by atoms with van der Waals surface area (Å²) in [6.45, 7) is 20.4. The van der Waals surface area contributed by atoms with Gasteiger partial charge in [0.2, 0.25) is 0 Å². The molecule has 0 bridgehead atoms. The first-order chi connectivity index (χ1) is 24.4. The van der Waals surface area contributed by atoms with Crippen LogP contribution in [0.3, 0.4) is 0 Å². The molecule has 0 saturated carbocycles. The maximum Gasteiger partial charge on any atom is 2.00 e. The first-order valence-corrected chi connectivity index (χ1v) is 18.8. The fourth-order valence-electron chi connectivity index (χ4n) is 8.05. The Balaban J connectivity index is 0.00000464. The summed E-state index contributed by atoms with van der Waals surface area (Å²) in [5.74, 6) is 3.63. The molecule has 5 nitrogen and oxygen atoms in total. The average molecular weight is 872 g/mol. The van der Waals surface area contributed by atoms with Gasteiger partial charge >= 0.3 is 21.1 Å². The summed E-state index contributed by atoms with van der Waals surface area (Å²) in [5.41, 5.74) is 10.6. The van der Waals surface area contributed by atoms with Gasteiger partial charge in [0.1, 0.15) is 5.82 Å². The van der Waals surface area contributed by atoms with Crippen LogP contribution in [0.2, 0.25) is 0 Å². The van der Waals surface area contributed by atoms with Gasteiger partial charge in [0, 0.05) is 40.4 Å². The summed E-state index contributed by atoms with van der Waals surface area (Å²) in [5, 5.41) is 7.55. The topological polar surface area (TPSA) is 44.9 Å². The maximum absolute atomic E-state index is 6.75. The molecule has 6 heteroatoms. The van der Waals surface area contributed by atoms with Gasteiger partial charge in [0.05, 0.1) is 5.69 Å². The molecule has 1 unspecified atom stereocenters. The van der Waals surface area contributed by atoms with E-state index in [1.165, 1.54) is 39.8 Å². The molecule has 3 aromatic heterocycles. The summed E-state index contributed by atoms with van der Waals surface area (Å²) in [4.78, 5) is 4.83. The number of nitrogens with zero attached hydrogens (tertiary/aromatic N) is 4. The number of hydrogen-bond acceptors (Lipinski definition) is 3. The van der Waals surface area contributed by atoms with Gasteiger partial charge < -0.3 is 9.30 Å². The van der Waals surface area contributed by atoms with Gasteiger partial charge in [-0.25, -0.2) is 4.98 Å². The van der Waals surface area contributed by atoms with Gasteiger partial charge in [-0.05, 0) is 91.6 Å². The molecule has 272 valence electrons. The van der Waals surface area contributed by atoms with Crippen molar-refractivity contribution in [3.8, 4) is 23.0 Å². The predicted octanol–water partition coefficient (Wildman–Crippen LogP) is 12.0. The van der Waals surface area contributed by atoms with E-state index in [9.17, 15) is 0 Å². The first kappa shape index (κ1) is 37.8. The average Bonchev–Trinajstić information content (AvgIpc) is 3.58. The molecule has 0 spiro atoms. The molecular weight excluding hydrogens is 820 g/mol. The molecule has 6 aromatic rings. The van der Waals surface area contributed by atoms with Crippen molar-refractivity contribution in [1.29, 1.82) is 0 Å². The van der Waals surface area contributed by atoms with Crippen LogP contribution >= 0.6 is 0 Å². The second kappa shape index (κ2) is 15.2. The van der Waals surface area contributed by atoms with Gasteiger partial charge in [-0.3, -0.25) is 4.68 Å². The van der Waals surface area contributed by atoms with Crippen LogP contribution < -0.4 is 4.74 Å². The minimum absolute atomic E-state index is 0. The molecule has 0 amide bonds. The van der Waals surface area contributed by atoms with E-state index in [1.54, 1.807) is 0 Å². The Morgan fingerprint density at radius 2 is 1.75 bits per heavy atom. The number of aromatic nitrogens is 4. The third-order valence-corrected chi connectivity index (χ3v) is 10.5. The molecule has 0 aliphatic heterocycles. The Bertz CT molecular complexity index is 2250. The quantitative estimate of drug-likeness (QED) is 0.107. The van der Waals surface area contributed by atoms with E-state index in [1.807, 2.05) is 12.3 Å². The zero-order chi connectivity index (χ0) is 36.0. The van der Waals surface area contributed by atoms with Gasteiger partial charge in [0.25, 0.3) is 0 Å². The number of benzene rings is 3. The molecule has 52 heavy (non-hydrogen) atoms. The van der Waals surface area contributed by atoms with E-state index in [0.717, 1.165) is 59.3 Å². The van der Waals surface area contributed by atoms with Crippen molar-refractivity contribution in [1.82, 2.24) is 19.3 Å². The van der Waals surface area contributed by atoms with Gasteiger partial charge in [-0.1, -0.05) is 90.3 Å². The normalized spacial score (nSPS) is 16.4. The SMILES string of the molecule is CCCc1ccnc(-n2c3[c-]c(Oc4[c-]c(-n5nc(C)c(C6C(C)=CCC[C@@H]6C)c5CC(C)C)cc(C(C)(C)C)c4)ccc3c3ccccc32)c1.[Pt+2]. The molecule has 1 aliphatic carbocycles. The summed E-state index contributed by atoms with van der Waals surface area (Å²) in [7, 11) is 0. The Morgan fingerprint density at radius 1 is 0.962 bits per heavy atom. The van der Waals surface area contributed by atoms with Crippen LogP contribution in [-0.4, -0.2) is 19.3 Å². The van der Waals surface area contributed by atoms with E-state index < -0.39 is 0 Å². The maximum atomic E-state index is 6.75. The van der Waals surface area contributed by atoms with Crippen LogP contribution in [0, 0.1) is 30.9 Å². The van der Waals surface area contributed by atoms with Gasteiger partial charge in [0.15, 0.2) is 0 Å². The molecule has 0 radical (unpaired) electrons. The number of para-hydroxylation sites is 1. The van der Waals surface area contributed by atoms with Crippen molar-refractivity contribution in [2.75, 3.05) is 0 Å². The Morgan fingerprint density at radius 3 is 2.48 bits per heavy atom. The second-order valence-electron chi connectivity index (χ2n) is 16.1. The van der Waals surface area contributed by atoms with Gasteiger partial charge in [-0.2, -0.15) is 11.2 Å². The van der Waals surface area contributed by atoms with Crippen LogP contribution in [0.25, 0.3) is 33.3 Å². The summed E-state index contributed by atoms with van der Waals surface area (Å²) < 4.78 is 11.1. The number of fused-ring (bicyclic) bond motifs is 3. The van der Waals surface area contributed by atoms with Crippen molar-refractivity contribution < 1.29 is 25.8 Å². The Hall–Kier alpha value is -3.95. The second-order valence-corrected chi connectivity index (χ2v) is 16.1. The fraction of sp³-hybridized carbons (Fsp3) is 0.391. The van der Waals surface area contributed by atoms with Crippen LogP contribution in [0.4, 0.5) is 0 Å². The molecule has 2 atom stereocenters. The summed E-state index contributed by atoms with van der Waals surface area (Å²) >= 11 is 0. The van der Waals surface area contributed by atoms with Gasteiger partial charge in [-0.15, -0.1) is 41.3 Å². The molecule has 0 saturated heterocycles. The van der Waals surface area contributed by atoms with Crippen molar-refractivity contribution in [2.24, 2.45) is 11.8 Å². The standard InChI is InChI=1S/C46H52N4O.Pt/c1-10-14-33-21-22-47-43(24-33)49-40-18-12-11-17-38(40)39-20-19-36(28-41(39)49)51-37-26-34(46(7,8)9)25-35(27-37)50-42(23-29(2)3)45(32(6)48-50)44-30(4)15-13-16-31(44)5;/h11-12,15,17-22,24-26,29,31,44H,10,13-14,16,23H2,1-9H3;/q-2;+2/t31-,44?;/m0./s1. The molecule has 7 rings (SSSR count). The summed E-state index contributed by atoms with van der Waals surface area (Å²) in [6, 6.07) is 28.7. The van der Waals surface area contributed by atoms with E-state index in [2.05, 4.69) is 144 Å². The monoisotopic (exact) mass is 871 g/mol. The molecule has 0 N–H and O–H groups in total. The largest absolute Gasteiger partial charge is 2.00 e. The Labute approximate surface area is 324 Å². The van der Waals surface area contributed by atoms with Crippen molar-refractivity contribution >= 4 is 21.8 Å². The van der Waals surface area contributed by atoms with Crippen molar-refractivity contribution in [2.45, 2.75) is 106 Å². The number of ether oxygens (including phenoxy) is 1. The number of hydrogen-bond donors (Lipinski definition) is 0. The fourth-order valence-corrected chi connectivity index (χ4v) is 8.05. The smallest absolute Gasteiger partial charge is 0.509 e. The molecule has 3 aromatic carbocycles. The zero-order valence-electron chi connectivity index (χ0n) is 32.2. The number of pyridine rings is 1. The van der Waals surface area contributed by atoms with Crippen molar-refractivity contribution in [3.63, 3.8) is 0 Å². The van der Waals surface area contributed by atoms with Crippen LogP contribution in [0.15, 0.2) is 78.5 Å². The van der Waals surface area contributed by atoms with Crippen LogP contribution in [0.5, 0.6) is 11.5 Å².